The second-order valence-electron chi connectivity index (χ2n) is 0.812. The highest BCUT2D eigenvalue weighted by molar-refractivity contribution is 5.16. The topological polar surface area (TPSA) is 82.6 Å². The van der Waals surface area contributed by atoms with Gasteiger partial charge < -0.3 is 0 Å². The fourth-order valence-corrected chi connectivity index (χ4v) is 0.199. The molecule has 6 heteroatoms. The predicted molar refractivity (Wildman–Crippen MR) is 18.9 cm³/mol. The lowest BCUT2D eigenvalue weighted by Crippen LogP contribution is -1.64. The third kappa shape index (κ3) is 0.496. The van der Waals surface area contributed by atoms with E-state index in [9.17, 15) is 0 Å². The molecule has 1 aromatic heterocycles. The largest absolute Gasteiger partial charge is 0.606 e. The molecule has 0 fully saturated rings. The molecule has 1 aromatic rings. The minimum atomic E-state index is -0.0556. The Labute approximate surface area is 38.2 Å². The number of rotatable bonds is 0. The van der Waals surface area contributed by atoms with Crippen molar-refractivity contribution in [2.24, 2.45) is 0 Å². The summed E-state index contributed by atoms with van der Waals surface area (Å²) in [6.45, 7) is 0. The van der Waals surface area contributed by atoms with Crippen molar-refractivity contribution in [2.75, 3.05) is 0 Å². The summed E-state index contributed by atoms with van der Waals surface area (Å²) in [4.78, 5) is 2.61. The first-order chi connectivity index (χ1) is 3.43. The van der Waals surface area contributed by atoms with Crippen LogP contribution >= 0.6 is 0 Å². The number of aromatic amines is 1. The predicted octanol–water partition coefficient (Wildman–Crippen LogP) is -0.316. The average Bonchev–Trinajstić information content (AvgIpc) is 2.14. The van der Waals surface area contributed by atoms with Crippen molar-refractivity contribution in [2.45, 2.75) is 0 Å². The molecule has 0 radical (unpaired) electrons. The van der Waals surface area contributed by atoms with Crippen LogP contribution < -0.4 is 0 Å². The number of H-pyrrole nitrogens is 1. The Morgan fingerprint density at radius 2 is 2.57 bits per heavy atom. The second kappa shape index (κ2) is 1.30. The molecule has 0 aliphatic carbocycles. The van der Waals surface area contributed by atoms with Crippen LogP contribution in [-0.2, 0) is 0 Å². The number of hydrogen-bond acceptors (Lipinski definition) is 4. The number of nitrogens with one attached hydrogen (secondary N) is 1. The molecule has 0 saturated heterocycles. The van der Waals surface area contributed by atoms with E-state index in [1.807, 2.05) is 0 Å². The zero-order valence-corrected chi connectivity index (χ0v) is 3.24. The van der Waals surface area contributed by atoms with Gasteiger partial charge in [0, 0.05) is 5.21 Å². The monoisotopic (exact) mass is 97.0 g/mol. The lowest BCUT2D eigenvalue weighted by Gasteiger charge is -1.40. The Bertz CT molecular complexity index is 167. The Morgan fingerprint density at radius 1 is 1.71 bits per heavy atom. The molecule has 0 bridgehead atoms. The van der Waals surface area contributed by atoms with Crippen LogP contribution in [0.1, 0.15) is 0 Å². The molecule has 1 heterocycles. The van der Waals surface area contributed by atoms with Gasteiger partial charge in [0.15, 0.2) is 0 Å². The Balaban J connectivity index is 3.04. The first kappa shape index (κ1) is 3.67. The van der Waals surface area contributed by atoms with Crippen molar-refractivity contribution in [1.29, 1.82) is 5.39 Å². The lowest BCUT2D eigenvalue weighted by atomic mass is 11.1. The van der Waals surface area contributed by atoms with E-state index in [0.29, 0.717) is 0 Å². The molecule has 7 heavy (non-hydrogen) atoms. The smallest absolute Gasteiger partial charge is 0.0965 e. The lowest BCUT2D eigenvalue weighted by molar-refractivity contribution is 0.881. The maximum atomic E-state index is 7.87. The first-order valence-corrected chi connectivity index (χ1v) is 1.52. The number of aromatic nitrogens is 4. The molecule has 34 valence electrons. The van der Waals surface area contributed by atoms with Gasteiger partial charge in [-0.25, -0.2) is 0 Å². The van der Waals surface area contributed by atoms with E-state index in [4.69, 9.17) is 5.39 Å². The van der Waals surface area contributed by atoms with Crippen molar-refractivity contribution in [3.05, 3.63) is 4.98 Å². The van der Waals surface area contributed by atoms with Crippen molar-refractivity contribution in [3.63, 3.8) is 0 Å². The van der Waals surface area contributed by atoms with E-state index < -0.39 is 0 Å². The molecule has 6 nitrogen and oxygen atoms in total. The van der Waals surface area contributed by atoms with Crippen molar-refractivity contribution >= 4 is 5.95 Å². The zero-order chi connectivity index (χ0) is 5.11. The number of tetrazole rings is 1. The van der Waals surface area contributed by atoms with Gasteiger partial charge in [-0.2, -0.15) is 0 Å². The Hall–Kier alpha value is -1.51. The van der Waals surface area contributed by atoms with E-state index in [1.165, 1.54) is 0 Å². The van der Waals surface area contributed by atoms with E-state index in [0.717, 1.165) is 0 Å². The average molecular weight is 97.1 g/mol. The number of diazo groups is 1. The first-order valence-electron chi connectivity index (χ1n) is 1.52. The summed E-state index contributed by atoms with van der Waals surface area (Å²) in [6.07, 6.45) is 0. The third-order valence-electron chi connectivity index (χ3n) is 0.424. The summed E-state index contributed by atoms with van der Waals surface area (Å²) in [7, 11) is 0. The van der Waals surface area contributed by atoms with Crippen LogP contribution in [0, 0.1) is 5.39 Å². The van der Waals surface area contributed by atoms with E-state index >= 15 is 0 Å². The van der Waals surface area contributed by atoms with Crippen LogP contribution in [0.25, 0.3) is 4.98 Å². The summed E-state index contributed by atoms with van der Waals surface area (Å²) in [5.74, 6) is -0.0556. The van der Waals surface area contributed by atoms with Gasteiger partial charge in [-0.3, -0.25) is 0 Å². The third-order valence-corrected chi connectivity index (χ3v) is 0.424. The molecule has 0 atom stereocenters. The quantitative estimate of drug-likeness (QED) is 0.450. The Kier molecular flexibility index (Phi) is 0.681. The van der Waals surface area contributed by atoms with Gasteiger partial charge in [-0.05, 0) is 4.98 Å². The van der Waals surface area contributed by atoms with Crippen molar-refractivity contribution in [3.8, 4) is 0 Å². The molecule has 0 amide bonds. The highest BCUT2D eigenvalue weighted by Crippen LogP contribution is 1.91. The fraction of sp³-hybridized carbons (Fsp3) is 0. The maximum absolute atomic E-state index is 7.87. The van der Waals surface area contributed by atoms with Gasteiger partial charge in [0.05, 0.1) is 15.6 Å². The summed E-state index contributed by atoms with van der Waals surface area (Å²) in [6, 6.07) is 0. The van der Waals surface area contributed by atoms with E-state index in [-0.39, 0.29) is 5.95 Å². The summed E-state index contributed by atoms with van der Waals surface area (Å²) in [5.41, 5.74) is 0. The minimum absolute atomic E-state index is 0.0556. The number of hydrogen-bond donors (Lipinski definition) is 1. The molecule has 0 unspecified atom stereocenters. The van der Waals surface area contributed by atoms with Crippen LogP contribution in [0.5, 0.6) is 0 Å². The van der Waals surface area contributed by atoms with Gasteiger partial charge in [-0.1, -0.05) is 5.21 Å². The van der Waals surface area contributed by atoms with Crippen LogP contribution in [0.4, 0.5) is 5.95 Å². The van der Waals surface area contributed by atoms with E-state index in [1.54, 1.807) is 0 Å². The molecule has 0 saturated carbocycles. The summed E-state index contributed by atoms with van der Waals surface area (Å²) < 4.78 is 0. The zero-order valence-electron chi connectivity index (χ0n) is 3.24. The van der Waals surface area contributed by atoms with Crippen molar-refractivity contribution in [1.82, 2.24) is 20.6 Å². The SMILES string of the molecule is N#[N+]c1nn[nH]n1. The van der Waals surface area contributed by atoms with Gasteiger partial charge in [0.2, 0.25) is 0 Å². The molecule has 0 aliphatic heterocycles. The Morgan fingerprint density at radius 3 is 2.86 bits per heavy atom. The maximum Gasteiger partial charge on any atom is 0.606 e. The minimum Gasteiger partial charge on any atom is -0.0965 e. The highest BCUT2D eigenvalue weighted by atomic mass is 15.5. The standard InChI is InChI=1S/CHN6/c2-3-1-4-6-7-5-1/h(H,4,5,6,7)/q+1. The molecule has 1 N–H and O–H groups in total. The van der Waals surface area contributed by atoms with E-state index in [2.05, 4.69) is 25.6 Å². The summed E-state index contributed by atoms with van der Waals surface area (Å²) >= 11 is 0. The summed E-state index contributed by atoms with van der Waals surface area (Å²) in [5, 5.41) is 19.6. The van der Waals surface area contributed by atoms with Crippen LogP contribution in [0.3, 0.4) is 0 Å². The highest BCUT2D eigenvalue weighted by Gasteiger charge is 2.06. The molecule has 0 spiro atoms. The van der Waals surface area contributed by atoms with Gasteiger partial charge >= 0.3 is 5.95 Å². The normalized spacial score (nSPS) is 7.86. The molecule has 1 rings (SSSR count). The molecular weight excluding hydrogens is 96.1 g/mol. The van der Waals surface area contributed by atoms with Gasteiger partial charge in [-0.15, -0.1) is 0 Å². The van der Waals surface area contributed by atoms with Crippen LogP contribution in [0.2, 0.25) is 0 Å². The fourth-order valence-electron chi connectivity index (χ4n) is 0.199. The van der Waals surface area contributed by atoms with Gasteiger partial charge in [0.25, 0.3) is 0 Å². The van der Waals surface area contributed by atoms with Crippen molar-refractivity contribution < 1.29 is 0 Å². The van der Waals surface area contributed by atoms with Crippen LogP contribution in [-0.4, -0.2) is 20.6 Å². The van der Waals surface area contributed by atoms with Crippen LogP contribution in [0.15, 0.2) is 0 Å². The number of nitrogens with zero attached hydrogens (tertiary/aromatic N) is 5. The molecule has 0 aromatic carbocycles. The molecule has 0 aliphatic rings. The molecular formula is CHN6+. The second-order valence-corrected chi connectivity index (χ2v) is 0.812. The van der Waals surface area contributed by atoms with Gasteiger partial charge in [0.1, 0.15) is 0 Å².